The molecule has 0 aromatic heterocycles. The third-order valence-corrected chi connectivity index (χ3v) is 3.07. The van der Waals surface area contributed by atoms with E-state index in [-0.39, 0.29) is 24.4 Å². The normalized spacial score (nSPS) is 10.1. The number of non-ortho nitro benzene ring substituents is 1. The number of amides is 1. The third kappa shape index (κ3) is 4.96. The van der Waals surface area contributed by atoms with Crippen LogP contribution in [-0.2, 0) is 4.79 Å². The molecule has 0 radical (unpaired) electrons. The summed E-state index contributed by atoms with van der Waals surface area (Å²) in [5.74, 6) is -1.12. The third-order valence-electron chi connectivity index (χ3n) is 3.07. The minimum absolute atomic E-state index is 0.00701. The molecule has 25 heavy (non-hydrogen) atoms. The highest BCUT2D eigenvalue weighted by molar-refractivity contribution is 5.91. The average Bonchev–Trinajstić information content (AvgIpc) is 2.57. The zero-order chi connectivity index (χ0) is 18.4. The van der Waals surface area contributed by atoms with Crippen LogP contribution in [0.4, 0.5) is 21.5 Å². The first-order valence-corrected chi connectivity index (χ1v) is 6.98. The van der Waals surface area contributed by atoms with Crippen molar-refractivity contribution >= 4 is 23.0 Å². The van der Waals surface area contributed by atoms with Gasteiger partial charge in [0.15, 0.2) is 0 Å². The quantitative estimate of drug-likeness (QED) is 0.605. The highest BCUT2D eigenvalue weighted by Gasteiger charge is 2.15. The van der Waals surface area contributed by atoms with Gasteiger partial charge in [-0.15, -0.1) is 0 Å². The van der Waals surface area contributed by atoms with E-state index < -0.39 is 27.3 Å². The van der Waals surface area contributed by atoms with Crippen LogP contribution in [0.2, 0.25) is 0 Å². The molecule has 0 atom stereocenters. The van der Waals surface area contributed by atoms with Crippen molar-refractivity contribution in [2.75, 3.05) is 11.9 Å². The SMILES string of the molecule is O=C(CCOc1ccc([N+](=O)[O-])cc1)Nc1ccc(F)c([N+](=O)[O-])c1. The van der Waals surface area contributed by atoms with Gasteiger partial charge in [0.2, 0.25) is 11.7 Å². The van der Waals surface area contributed by atoms with Crippen molar-refractivity contribution in [2.24, 2.45) is 0 Å². The number of carbonyl (C=O) groups is 1. The van der Waals surface area contributed by atoms with Crippen LogP contribution in [-0.4, -0.2) is 22.4 Å². The van der Waals surface area contributed by atoms with Crippen LogP contribution in [0.25, 0.3) is 0 Å². The Kier molecular flexibility index (Phi) is 5.56. The number of carbonyl (C=O) groups excluding carboxylic acids is 1. The van der Waals surface area contributed by atoms with Crippen molar-refractivity contribution in [1.82, 2.24) is 0 Å². The second-order valence-electron chi connectivity index (χ2n) is 4.82. The fraction of sp³-hybridized carbons (Fsp3) is 0.133. The Hall–Kier alpha value is -3.56. The molecule has 130 valence electrons. The maximum atomic E-state index is 13.2. The summed E-state index contributed by atoms with van der Waals surface area (Å²) in [6, 6.07) is 8.36. The predicted molar refractivity (Wildman–Crippen MR) is 84.9 cm³/mol. The van der Waals surface area contributed by atoms with E-state index in [4.69, 9.17) is 4.74 Å². The van der Waals surface area contributed by atoms with Gasteiger partial charge in [-0.25, -0.2) is 0 Å². The number of anilines is 1. The van der Waals surface area contributed by atoms with Gasteiger partial charge in [0, 0.05) is 23.9 Å². The second-order valence-corrected chi connectivity index (χ2v) is 4.82. The van der Waals surface area contributed by atoms with Gasteiger partial charge in [-0.2, -0.15) is 4.39 Å². The van der Waals surface area contributed by atoms with Gasteiger partial charge in [0.25, 0.3) is 5.69 Å². The number of nitro benzene ring substituents is 2. The lowest BCUT2D eigenvalue weighted by atomic mass is 10.2. The van der Waals surface area contributed by atoms with Gasteiger partial charge >= 0.3 is 5.69 Å². The first-order valence-electron chi connectivity index (χ1n) is 6.98. The molecule has 0 unspecified atom stereocenters. The number of nitrogens with one attached hydrogen (secondary N) is 1. The van der Waals surface area contributed by atoms with Crippen molar-refractivity contribution in [3.8, 4) is 5.75 Å². The molecule has 0 aliphatic carbocycles. The van der Waals surface area contributed by atoms with E-state index in [0.717, 1.165) is 12.1 Å². The lowest BCUT2D eigenvalue weighted by Crippen LogP contribution is -2.15. The molecule has 10 heteroatoms. The highest BCUT2D eigenvalue weighted by atomic mass is 19.1. The van der Waals surface area contributed by atoms with Gasteiger partial charge in [-0.1, -0.05) is 0 Å². The van der Waals surface area contributed by atoms with Gasteiger partial charge < -0.3 is 10.1 Å². The summed E-state index contributed by atoms with van der Waals surface area (Å²) >= 11 is 0. The molecule has 0 heterocycles. The molecule has 0 bridgehead atoms. The smallest absolute Gasteiger partial charge is 0.306 e. The Morgan fingerprint density at radius 1 is 1.08 bits per heavy atom. The molecule has 2 aromatic rings. The van der Waals surface area contributed by atoms with Crippen molar-refractivity contribution in [3.63, 3.8) is 0 Å². The fourth-order valence-electron chi connectivity index (χ4n) is 1.88. The molecule has 0 aliphatic heterocycles. The van der Waals surface area contributed by atoms with Crippen LogP contribution in [0, 0.1) is 26.0 Å². The predicted octanol–water partition coefficient (Wildman–Crippen LogP) is 3.05. The summed E-state index contributed by atoms with van der Waals surface area (Å²) in [5, 5.41) is 23.6. The molecular weight excluding hydrogens is 337 g/mol. The van der Waals surface area contributed by atoms with Crippen LogP contribution >= 0.6 is 0 Å². The summed E-state index contributed by atoms with van der Waals surface area (Å²) in [4.78, 5) is 31.5. The Morgan fingerprint density at radius 2 is 1.76 bits per heavy atom. The zero-order valence-corrected chi connectivity index (χ0v) is 12.7. The maximum absolute atomic E-state index is 13.2. The Labute approximate surface area is 140 Å². The van der Waals surface area contributed by atoms with E-state index in [0.29, 0.717) is 5.75 Å². The van der Waals surface area contributed by atoms with Gasteiger partial charge in [0.05, 0.1) is 22.9 Å². The number of hydrogen-bond donors (Lipinski definition) is 1. The average molecular weight is 349 g/mol. The van der Waals surface area contributed by atoms with Gasteiger partial charge in [0.1, 0.15) is 5.75 Å². The van der Waals surface area contributed by atoms with Gasteiger partial charge in [-0.3, -0.25) is 25.0 Å². The molecule has 2 rings (SSSR count). The fourth-order valence-corrected chi connectivity index (χ4v) is 1.88. The molecule has 0 saturated carbocycles. The number of benzene rings is 2. The molecule has 0 aliphatic rings. The van der Waals surface area contributed by atoms with E-state index in [2.05, 4.69) is 5.32 Å². The van der Waals surface area contributed by atoms with E-state index in [1.54, 1.807) is 0 Å². The molecular formula is C15H12FN3O6. The maximum Gasteiger partial charge on any atom is 0.306 e. The standard InChI is InChI=1S/C15H12FN3O6/c16-13-6-1-10(9-14(13)19(23)24)17-15(20)7-8-25-12-4-2-11(3-5-12)18(21)22/h1-6,9H,7-8H2,(H,17,20). The molecule has 0 saturated heterocycles. The minimum atomic E-state index is -0.996. The number of halogens is 1. The molecule has 0 spiro atoms. The number of nitro groups is 2. The van der Waals surface area contributed by atoms with Crippen LogP contribution in [0.1, 0.15) is 6.42 Å². The van der Waals surface area contributed by atoms with Gasteiger partial charge in [-0.05, 0) is 24.3 Å². The number of rotatable bonds is 7. The Morgan fingerprint density at radius 3 is 2.36 bits per heavy atom. The largest absolute Gasteiger partial charge is 0.493 e. The van der Waals surface area contributed by atoms with Crippen molar-refractivity contribution in [2.45, 2.75) is 6.42 Å². The van der Waals surface area contributed by atoms with Crippen LogP contribution < -0.4 is 10.1 Å². The van der Waals surface area contributed by atoms with E-state index in [1.165, 1.54) is 30.3 Å². The zero-order valence-electron chi connectivity index (χ0n) is 12.7. The summed E-state index contributed by atoms with van der Waals surface area (Å²) < 4.78 is 18.5. The number of nitrogens with zero attached hydrogens (tertiary/aromatic N) is 2. The van der Waals surface area contributed by atoms with Crippen LogP contribution in [0.5, 0.6) is 5.75 Å². The Bertz CT molecular complexity index is 809. The lowest BCUT2D eigenvalue weighted by molar-refractivity contribution is -0.387. The summed E-state index contributed by atoms with van der Waals surface area (Å²) in [6.45, 7) is -0.00701. The first kappa shape index (κ1) is 17.8. The monoisotopic (exact) mass is 349 g/mol. The minimum Gasteiger partial charge on any atom is -0.493 e. The van der Waals surface area contributed by atoms with Crippen molar-refractivity contribution in [3.05, 3.63) is 68.5 Å². The molecule has 2 aromatic carbocycles. The Balaban J connectivity index is 1.85. The molecule has 0 fully saturated rings. The van der Waals surface area contributed by atoms with Crippen LogP contribution in [0.3, 0.4) is 0 Å². The van der Waals surface area contributed by atoms with E-state index in [1.807, 2.05) is 0 Å². The highest BCUT2D eigenvalue weighted by Crippen LogP contribution is 2.22. The molecule has 9 nitrogen and oxygen atoms in total. The second kappa shape index (κ2) is 7.81. The summed E-state index contributed by atoms with van der Waals surface area (Å²) in [7, 11) is 0. The summed E-state index contributed by atoms with van der Waals surface area (Å²) in [5.41, 5.74) is -0.726. The van der Waals surface area contributed by atoms with Crippen LogP contribution in [0.15, 0.2) is 42.5 Å². The topological polar surface area (TPSA) is 125 Å². The summed E-state index contributed by atoms with van der Waals surface area (Å²) in [6.07, 6.45) is -0.0673. The number of hydrogen-bond acceptors (Lipinski definition) is 6. The van der Waals surface area contributed by atoms with E-state index in [9.17, 15) is 29.4 Å². The van der Waals surface area contributed by atoms with Crippen molar-refractivity contribution < 1.29 is 23.8 Å². The first-order chi connectivity index (χ1) is 11.9. The molecule has 1 N–H and O–H groups in total. The number of ether oxygens (including phenoxy) is 1. The van der Waals surface area contributed by atoms with Crippen molar-refractivity contribution in [1.29, 1.82) is 0 Å². The van der Waals surface area contributed by atoms with E-state index >= 15 is 0 Å². The lowest BCUT2D eigenvalue weighted by Gasteiger charge is -2.07. The molecule has 1 amide bonds.